The maximum atomic E-state index is 6.18. The molecule has 0 amide bonds. The van der Waals surface area contributed by atoms with Gasteiger partial charge in [-0.1, -0.05) is 25.4 Å². The molecule has 106 valence electrons. The van der Waals surface area contributed by atoms with Crippen molar-refractivity contribution in [3.63, 3.8) is 0 Å². The van der Waals surface area contributed by atoms with Crippen LogP contribution in [-0.2, 0) is 19.4 Å². The van der Waals surface area contributed by atoms with Gasteiger partial charge in [0.25, 0.3) is 0 Å². The summed E-state index contributed by atoms with van der Waals surface area (Å²) in [6, 6.07) is 2.33. The molecule has 0 saturated heterocycles. The molecular formula is C15H18ClN3S. The second-order valence-electron chi connectivity index (χ2n) is 5.45. The molecule has 0 saturated carbocycles. The summed E-state index contributed by atoms with van der Waals surface area (Å²) < 4.78 is 0. The number of aryl methyl sites for hydroxylation is 2. The van der Waals surface area contributed by atoms with E-state index in [-0.39, 0.29) is 0 Å². The minimum Gasteiger partial charge on any atom is -0.365 e. The maximum Gasteiger partial charge on any atom is 0.138 e. The fourth-order valence-electron chi connectivity index (χ4n) is 2.68. The van der Waals surface area contributed by atoms with Gasteiger partial charge in [-0.25, -0.2) is 9.97 Å². The van der Waals surface area contributed by atoms with Gasteiger partial charge in [0.2, 0.25) is 0 Å². The highest BCUT2D eigenvalue weighted by atomic mass is 35.5. The molecular weight excluding hydrogens is 290 g/mol. The smallest absolute Gasteiger partial charge is 0.138 e. The van der Waals surface area contributed by atoms with Crippen molar-refractivity contribution in [2.75, 3.05) is 5.32 Å². The monoisotopic (exact) mass is 307 g/mol. The molecule has 5 heteroatoms. The number of hydrogen-bond acceptors (Lipinski definition) is 4. The Morgan fingerprint density at radius 1 is 1.35 bits per heavy atom. The van der Waals surface area contributed by atoms with E-state index in [2.05, 4.69) is 35.2 Å². The predicted octanol–water partition coefficient (Wildman–Crippen LogP) is 4.42. The van der Waals surface area contributed by atoms with E-state index in [1.165, 1.54) is 36.0 Å². The third-order valence-corrected chi connectivity index (χ3v) is 5.18. The number of nitrogens with zero attached hydrogens (tertiary/aromatic N) is 2. The topological polar surface area (TPSA) is 37.8 Å². The third-order valence-electron chi connectivity index (χ3n) is 3.64. The zero-order chi connectivity index (χ0) is 14.1. The summed E-state index contributed by atoms with van der Waals surface area (Å²) in [5.41, 5.74) is 2.54. The number of fused-ring (bicyclic) bond motifs is 1. The van der Waals surface area contributed by atoms with Crippen molar-refractivity contribution in [3.05, 3.63) is 38.4 Å². The number of hydrogen-bond donors (Lipinski definition) is 1. The average molecular weight is 308 g/mol. The van der Waals surface area contributed by atoms with Crippen LogP contribution in [0.5, 0.6) is 0 Å². The Morgan fingerprint density at radius 2 is 2.20 bits per heavy atom. The molecule has 0 aliphatic heterocycles. The molecule has 0 radical (unpaired) electrons. The highest BCUT2D eigenvalue weighted by Gasteiger charge is 2.16. The van der Waals surface area contributed by atoms with Crippen molar-refractivity contribution in [1.82, 2.24) is 9.97 Å². The lowest BCUT2D eigenvalue weighted by Crippen LogP contribution is -2.06. The molecule has 20 heavy (non-hydrogen) atoms. The third kappa shape index (κ3) is 2.67. The number of rotatable bonds is 4. The van der Waals surface area contributed by atoms with Gasteiger partial charge in [0, 0.05) is 15.3 Å². The van der Waals surface area contributed by atoms with Gasteiger partial charge >= 0.3 is 0 Å². The molecule has 0 unspecified atom stereocenters. The summed E-state index contributed by atoms with van der Waals surface area (Å²) in [7, 11) is 0. The van der Waals surface area contributed by atoms with Crippen LogP contribution in [0.3, 0.4) is 0 Å². The summed E-state index contributed by atoms with van der Waals surface area (Å²) in [5.74, 6) is 1.16. The number of halogens is 1. The van der Waals surface area contributed by atoms with Crippen LogP contribution in [0.15, 0.2) is 12.4 Å². The van der Waals surface area contributed by atoms with E-state index in [0.717, 1.165) is 17.9 Å². The molecule has 1 aliphatic rings. The average Bonchev–Trinajstić information content (AvgIpc) is 2.96. The van der Waals surface area contributed by atoms with Gasteiger partial charge in [-0.05, 0) is 36.8 Å². The molecule has 2 heterocycles. The van der Waals surface area contributed by atoms with Crippen molar-refractivity contribution in [2.24, 2.45) is 0 Å². The quantitative estimate of drug-likeness (QED) is 0.850. The number of nitrogens with one attached hydrogen (secondary N) is 1. The van der Waals surface area contributed by atoms with Crippen LogP contribution in [0.2, 0.25) is 5.15 Å². The summed E-state index contributed by atoms with van der Waals surface area (Å²) in [4.78, 5) is 11.3. The van der Waals surface area contributed by atoms with Gasteiger partial charge in [0.05, 0.1) is 6.54 Å². The first-order valence-electron chi connectivity index (χ1n) is 7.00. The van der Waals surface area contributed by atoms with Gasteiger partial charge in [-0.15, -0.1) is 11.3 Å². The van der Waals surface area contributed by atoms with Crippen molar-refractivity contribution in [3.8, 4) is 0 Å². The van der Waals surface area contributed by atoms with Crippen molar-refractivity contribution < 1.29 is 0 Å². The van der Waals surface area contributed by atoms with Crippen LogP contribution in [0.25, 0.3) is 0 Å². The second-order valence-corrected chi connectivity index (χ2v) is 7.03. The fourth-order valence-corrected chi connectivity index (χ4v) is 4.23. The lowest BCUT2D eigenvalue weighted by Gasteiger charge is -2.13. The molecule has 3 nitrogen and oxygen atoms in total. The first-order valence-corrected chi connectivity index (χ1v) is 8.19. The zero-order valence-corrected chi connectivity index (χ0v) is 13.3. The molecule has 2 aromatic heterocycles. The minimum absolute atomic E-state index is 0.305. The molecule has 1 aliphatic carbocycles. The summed E-state index contributed by atoms with van der Waals surface area (Å²) >= 11 is 8.10. The Labute approximate surface area is 128 Å². The first kappa shape index (κ1) is 13.8. The molecule has 0 spiro atoms. The van der Waals surface area contributed by atoms with E-state index in [0.29, 0.717) is 11.1 Å². The van der Waals surface area contributed by atoms with Crippen LogP contribution in [0, 0.1) is 0 Å². The molecule has 0 aromatic carbocycles. The normalized spacial score (nSPS) is 13.8. The molecule has 0 bridgehead atoms. The van der Waals surface area contributed by atoms with E-state index < -0.39 is 0 Å². The molecule has 1 N–H and O–H groups in total. The maximum absolute atomic E-state index is 6.18. The molecule has 0 fully saturated rings. The summed E-state index contributed by atoms with van der Waals surface area (Å²) in [5, 5.41) is 3.96. The lowest BCUT2D eigenvalue weighted by atomic mass is 10.1. The van der Waals surface area contributed by atoms with Crippen molar-refractivity contribution in [2.45, 2.75) is 45.6 Å². The Kier molecular flexibility index (Phi) is 3.94. The highest BCUT2D eigenvalue weighted by Crippen LogP contribution is 2.32. The highest BCUT2D eigenvalue weighted by molar-refractivity contribution is 7.12. The van der Waals surface area contributed by atoms with E-state index in [9.17, 15) is 0 Å². The van der Waals surface area contributed by atoms with Crippen LogP contribution < -0.4 is 5.32 Å². The van der Waals surface area contributed by atoms with Crippen LogP contribution in [0.1, 0.15) is 47.1 Å². The van der Waals surface area contributed by atoms with Gasteiger partial charge in [0.15, 0.2) is 0 Å². The largest absolute Gasteiger partial charge is 0.365 e. The Morgan fingerprint density at radius 3 is 2.95 bits per heavy atom. The van der Waals surface area contributed by atoms with Gasteiger partial charge < -0.3 is 5.32 Å². The molecule has 0 atom stereocenters. The Hall–Kier alpha value is -1.13. The van der Waals surface area contributed by atoms with Gasteiger partial charge in [0.1, 0.15) is 17.3 Å². The summed E-state index contributed by atoms with van der Waals surface area (Å²) in [6.07, 6.45) is 5.32. The van der Waals surface area contributed by atoms with Gasteiger partial charge in [-0.3, -0.25) is 0 Å². The molecule has 2 aromatic rings. The SMILES string of the molecule is CC(C)c1c(Cl)ncnc1NCc1cc2c(s1)CCC2. The fraction of sp³-hybridized carbons (Fsp3) is 0.467. The Balaban J connectivity index is 1.76. The second kappa shape index (κ2) is 5.70. The van der Waals surface area contributed by atoms with E-state index in [1.54, 1.807) is 4.88 Å². The minimum atomic E-state index is 0.305. The van der Waals surface area contributed by atoms with E-state index >= 15 is 0 Å². The number of aromatic nitrogens is 2. The van der Waals surface area contributed by atoms with Gasteiger partial charge in [-0.2, -0.15) is 0 Å². The molecule has 3 rings (SSSR count). The predicted molar refractivity (Wildman–Crippen MR) is 84.8 cm³/mol. The first-order chi connectivity index (χ1) is 9.65. The lowest BCUT2D eigenvalue weighted by molar-refractivity contribution is 0.845. The van der Waals surface area contributed by atoms with Crippen LogP contribution in [0.4, 0.5) is 5.82 Å². The summed E-state index contributed by atoms with van der Waals surface area (Å²) in [6.45, 7) is 5.02. The Bertz CT molecular complexity index is 600. The number of thiophene rings is 1. The van der Waals surface area contributed by atoms with Crippen LogP contribution in [-0.4, -0.2) is 9.97 Å². The zero-order valence-electron chi connectivity index (χ0n) is 11.7. The van der Waals surface area contributed by atoms with E-state index in [1.807, 2.05) is 11.3 Å². The van der Waals surface area contributed by atoms with E-state index in [4.69, 9.17) is 11.6 Å². The number of anilines is 1. The standard InChI is InChI=1S/C15H18ClN3S/c1-9(2)13-14(16)18-8-19-15(13)17-7-11-6-10-4-3-5-12(10)20-11/h6,8-9H,3-5,7H2,1-2H3,(H,17,18,19). The van der Waals surface area contributed by atoms with Crippen molar-refractivity contribution in [1.29, 1.82) is 0 Å². The van der Waals surface area contributed by atoms with Crippen molar-refractivity contribution >= 4 is 28.8 Å². The van der Waals surface area contributed by atoms with Crippen LogP contribution >= 0.6 is 22.9 Å².